The summed E-state index contributed by atoms with van der Waals surface area (Å²) in [5.74, 6) is 0.189. The number of benzene rings is 2. The molecule has 1 aromatic heterocycles. The van der Waals surface area contributed by atoms with Crippen molar-refractivity contribution in [1.29, 1.82) is 0 Å². The standard InChI is InChI=1S/C23H23FN4O/c24-20-7-4-8-21(16-20)26-22-15-19(9-10-25-22)23(29)28-13-11-27(12-14-28)17-18-5-2-1-3-6-18/h1-10,15-16H,11-14,17H2,(H,25,26). The molecule has 2 aromatic carbocycles. The predicted octanol–water partition coefficient (Wildman–Crippen LogP) is 3.92. The van der Waals surface area contributed by atoms with Crippen molar-refractivity contribution >= 4 is 17.4 Å². The van der Waals surface area contributed by atoms with Gasteiger partial charge in [-0.05, 0) is 35.9 Å². The summed E-state index contributed by atoms with van der Waals surface area (Å²) < 4.78 is 13.4. The van der Waals surface area contributed by atoms with Gasteiger partial charge in [0.2, 0.25) is 0 Å². The molecule has 3 aromatic rings. The Morgan fingerprint density at radius 1 is 0.966 bits per heavy atom. The zero-order valence-corrected chi connectivity index (χ0v) is 16.1. The van der Waals surface area contributed by atoms with Crippen molar-refractivity contribution in [2.45, 2.75) is 6.54 Å². The van der Waals surface area contributed by atoms with E-state index in [1.807, 2.05) is 23.1 Å². The summed E-state index contributed by atoms with van der Waals surface area (Å²) >= 11 is 0. The highest BCUT2D eigenvalue weighted by atomic mass is 19.1. The summed E-state index contributed by atoms with van der Waals surface area (Å²) in [5, 5.41) is 3.05. The van der Waals surface area contributed by atoms with Gasteiger partial charge in [-0.15, -0.1) is 0 Å². The first-order valence-electron chi connectivity index (χ1n) is 9.71. The number of amides is 1. The predicted molar refractivity (Wildman–Crippen MR) is 112 cm³/mol. The van der Waals surface area contributed by atoms with Gasteiger partial charge in [-0.3, -0.25) is 9.69 Å². The molecular weight excluding hydrogens is 367 g/mol. The van der Waals surface area contributed by atoms with Crippen LogP contribution in [0, 0.1) is 5.82 Å². The van der Waals surface area contributed by atoms with E-state index in [1.165, 1.54) is 17.7 Å². The van der Waals surface area contributed by atoms with Crippen LogP contribution in [-0.2, 0) is 6.54 Å². The van der Waals surface area contributed by atoms with Crippen LogP contribution in [0.4, 0.5) is 15.9 Å². The number of carbonyl (C=O) groups is 1. The Morgan fingerprint density at radius 2 is 1.76 bits per heavy atom. The monoisotopic (exact) mass is 390 g/mol. The van der Waals surface area contributed by atoms with E-state index in [9.17, 15) is 9.18 Å². The topological polar surface area (TPSA) is 48.5 Å². The fourth-order valence-electron chi connectivity index (χ4n) is 3.48. The highest BCUT2D eigenvalue weighted by Gasteiger charge is 2.22. The second-order valence-electron chi connectivity index (χ2n) is 7.12. The zero-order valence-electron chi connectivity index (χ0n) is 16.1. The molecular formula is C23H23FN4O. The highest BCUT2D eigenvalue weighted by Crippen LogP contribution is 2.18. The molecule has 5 nitrogen and oxygen atoms in total. The lowest BCUT2D eigenvalue weighted by molar-refractivity contribution is 0.0628. The van der Waals surface area contributed by atoms with E-state index >= 15 is 0 Å². The summed E-state index contributed by atoms with van der Waals surface area (Å²) in [6, 6.07) is 20.0. The minimum absolute atomic E-state index is 0.00551. The molecule has 1 fully saturated rings. The number of aromatic nitrogens is 1. The molecule has 1 N–H and O–H groups in total. The molecule has 1 amide bonds. The summed E-state index contributed by atoms with van der Waals surface area (Å²) in [5.41, 5.74) is 2.46. The first kappa shape index (κ1) is 19.1. The lowest BCUT2D eigenvalue weighted by atomic mass is 10.1. The van der Waals surface area contributed by atoms with Crippen LogP contribution in [0.3, 0.4) is 0 Å². The Kier molecular flexibility index (Phi) is 5.81. The average Bonchev–Trinajstić information content (AvgIpc) is 2.75. The third kappa shape index (κ3) is 4.97. The molecule has 29 heavy (non-hydrogen) atoms. The van der Waals surface area contributed by atoms with Crippen molar-refractivity contribution in [2.24, 2.45) is 0 Å². The Balaban J connectivity index is 1.36. The van der Waals surface area contributed by atoms with Crippen molar-refractivity contribution in [3.63, 3.8) is 0 Å². The van der Waals surface area contributed by atoms with Crippen molar-refractivity contribution in [2.75, 3.05) is 31.5 Å². The van der Waals surface area contributed by atoms with Gasteiger partial charge in [-0.1, -0.05) is 36.4 Å². The van der Waals surface area contributed by atoms with Crippen molar-refractivity contribution in [1.82, 2.24) is 14.8 Å². The molecule has 0 saturated carbocycles. The summed E-state index contributed by atoms with van der Waals surface area (Å²) in [7, 11) is 0. The molecule has 0 radical (unpaired) electrons. The van der Waals surface area contributed by atoms with E-state index in [0.717, 1.165) is 19.6 Å². The third-order valence-electron chi connectivity index (χ3n) is 5.01. The van der Waals surface area contributed by atoms with E-state index < -0.39 is 0 Å². The number of piperazine rings is 1. The van der Waals surface area contributed by atoms with Crippen LogP contribution in [0.25, 0.3) is 0 Å². The minimum Gasteiger partial charge on any atom is -0.340 e. The van der Waals surface area contributed by atoms with E-state index in [1.54, 1.807) is 30.5 Å². The fourth-order valence-corrected chi connectivity index (χ4v) is 3.48. The van der Waals surface area contributed by atoms with Crippen molar-refractivity contribution in [3.8, 4) is 0 Å². The Bertz CT molecular complexity index is 971. The normalized spacial score (nSPS) is 14.6. The van der Waals surface area contributed by atoms with Gasteiger partial charge in [0.15, 0.2) is 0 Å². The SMILES string of the molecule is O=C(c1ccnc(Nc2cccc(F)c2)c1)N1CCN(Cc2ccccc2)CC1. The lowest BCUT2D eigenvalue weighted by Crippen LogP contribution is -2.48. The number of rotatable bonds is 5. The second kappa shape index (κ2) is 8.84. The Labute approximate surface area is 169 Å². The van der Waals surface area contributed by atoms with Crippen LogP contribution in [0.5, 0.6) is 0 Å². The third-order valence-corrected chi connectivity index (χ3v) is 5.01. The van der Waals surface area contributed by atoms with Gasteiger partial charge >= 0.3 is 0 Å². The Hall–Kier alpha value is -3.25. The van der Waals surface area contributed by atoms with Crippen LogP contribution >= 0.6 is 0 Å². The number of nitrogens with one attached hydrogen (secondary N) is 1. The molecule has 1 aliphatic heterocycles. The molecule has 2 heterocycles. The fraction of sp³-hybridized carbons (Fsp3) is 0.217. The van der Waals surface area contributed by atoms with Crippen LogP contribution in [0.15, 0.2) is 72.9 Å². The molecule has 4 rings (SSSR count). The lowest BCUT2D eigenvalue weighted by Gasteiger charge is -2.34. The summed E-state index contributed by atoms with van der Waals surface area (Å²) in [4.78, 5) is 21.4. The summed E-state index contributed by atoms with van der Waals surface area (Å²) in [6.45, 7) is 3.99. The molecule has 6 heteroatoms. The molecule has 0 aliphatic carbocycles. The smallest absolute Gasteiger partial charge is 0.254 e. The number of halogens is 1. The molecule has 148 valence electrons. The van der Waals surface area contributed by atoms with Gasteiger partial charge in [0, 0.05) is 50.2 Å². The first-order valence-corrected chi connectivity index (χ1v) is 9.71. The molecule has 0 spiro atoms. The van der Waals surface area contributed by atoms with Crippen LogP contribution in [0.2, 0.25) is 0 Å². The largest absolute Gasteiger partial charge is 0.340 e. The second-order valence-corrected chi connectivity index (χ2v) is 7.12. The molecule has 0 bridgehead atoms. The number of hydrogen-bond acceptors (Lipinski definition) is 4. The number of pyridine rings is 1. The van der Waals surface area contributed by atoms with E-state index in [-0.39, 0.29) is 11.7 Å². The van der Waals surface area contributed by atoms with Crippen LogP contribution in [-0.4, -0.2) is 46.9 Å². The first-order chi connectivity index (χ1) is 14.2. The van der Waals surface area contributed by atoms with Gasteiger partial charge < -0.3 is 10.2 Å². The maximum atomic E-state index is 13.4. The van der Waals surface area contributed by atoms with Gasteiger partial charge in [0.25, 0.3) is 5.91 Å². The number of nitrogens with zero attached hydrogens (tertiary/aromatic N) is 3. The van der Waals surface area contributed by atoms with E-state index in [4.69, 9.17) is 0 Å². The molecule has 0 unspecified atom stereocenters. The number of anilines is 2. The van der Waals surface area contributed by atoms with Crippen LogP contribution in [0.1, 0.15) is 15.9 Å². The van der Waals surface area contributed by atoms with Gasteiger partial charge in [0.1, 0.15) is 11.6 Å². The zero-order chi connectivity index (χ0) is 20.1. The van der Waals surface area contributed by atoms with Gasteiger partial charge in [-0.2, -0.15) is 0 Å². The van der Waals surface area contributed by atoms with Crippen molar-refractivity contribution < 1.29 is 9.18 Å². The quantitative estimate of drug-likeness (QED) is 0.717. The van der Waals surface area contributed by atoms with Gasteiger partial charge in [-0.25, -0.2) is 9.37 Å². The van der Waals surface area contributed by atoms with E-state index in [0.29, 0.717) is 30.2 Å². The Morgan fingerprint density at radius 3 is 2.52 bits per heavy atom. The molecule has 1 aliphatic rings. The molecule has 1 saturated heterocycles. The maximum absolute atomic E-state index is 13.4. The molecule has 0 atom stereocenters. The number of hydrogen-bond donors (Lipinski definition) is 1. The summed E-state index contributed by atoms with van der Waals surface area (Å²) in [6.07, 6.45) is 1.60. The maximum Gasteiger partial charge on any atom is 0.254 e. The number of carbonyl (C=O) groups excluding carboxylic acids is 1. The minimum atomic E-state index is -0.324. The van der Waals surface area contributed by atoms with Gasteiger partial charge in [0.05, 0.1) is 0 Å². The highest BCUT2D eigenvalue weighted by molar-refractivity contribution is 5.95. The van der Waals surface area contributed by atoms with Crippen LogP contribution < -0.4 is 5.32 Å². The van der Waals surface area contributed by atoms with E-state index in [2.05, 4.69) is 27.3 Å². The van der Waals surface area contributed by atoms with Crippen molar-refractivity contribution in [3.05, 3.63) is 89.9 Å². The average molecular weight is 390 g/mol.